The van der Waals surface area contributed by atoms with Gasteiger partial charge in [-0.1, -0.05) is 0 Å². The molecule has 0 aliphatic carbocycles. The molecule has 31 heavy (non-hydrogen) atoms. The number of aromatic nitrogens is 3. The third-order valence-corrected chi connectivity index (χ3v) is 8.97. The van der Waals surface area contributed by atoms with Gasteiger partial charge in [-0.2, -0.15) is 17.5 Å². The molecule has 0 bridgehead atoms. The van der Waals surface area contributed by atoms with Crippen LogP contribution in [0.15, 0.2) is 34.0 Å². The Kier molecular flexibility index (Phi) is 6.03. The molecule has 0 spiro atoms. The number of alkyl halides is 3. The van der Waals surface area contributed by atoms with Gasteiger partial charge < -0.3 is 4.90 Å². The van der Waals surface area contributed by atoms with E-state index < -0.39 is 21.9 Å². The van der Waals surface area contributed by atoms with Crippen LogP contribution in [0.4, 0.5) is 19.1 Å². The number of hydrogen-bond acceptors (Lipinski definition) is 8. The topological polar surface area (TPSA) is 79.3 Å². The minimum absolute atomic E-state index is 0.0496. The fourth-order valence-corrected chi connectivity index (χ4v) is 6.77. The van der Waals surface area contributed by atoms with Crippen molar-refractivity contribution in [1.29, 1.82) is 0 Å². The SMILES string of the molecule is Cc1nc(-c2ccc(S(=O)(=O)N3CCCN(c4nccc(C(F)(F)F)n4)CC3)s2)cs1. The molecule has 166 valence electrons. The third kappa shape index (κ3) is 4.73. The molecular formula is C18H18F3N5O2S3. The molecule has 0 N–H and O–H groups in total. The smallest absolute Gasteiger partial charge is 0.339 e. The van der Waals surface area contributed by atoms with Crippen molar-refractivity contribution < 1.29 is 21.6 Å². The summed E-state index contributed by atoms with van der Waals surface area (Å²) in [6.07, 6.45) is -3.05. The average molecular weight is 490 g/mol. The Hall–Kier alpha value is -2.09. The van der Waals surface area contributed by atoms with Crippen LogP contribution in [0.2, 0.25) is 0 Å². The van der Waals surface area contributed by atoms with Crippen LogP contribution in [-0.4, -0.2) is 53.9 Å². The summed E-state index contributed by atoms with van der Waals surface area (Å²) < 4.78 is 66.7. The van der Waals surface area contributed by atoms with Crippen molar-refractivity contribution in [2.45, 2.75) is 23.7 Å². The molecule has 1 fully saturated rings. The van der Waals surface area contributed by atoms with Gasteiger partial charge >= 0.3 is 6.18 Å². The molecule has 1 saturated heterocycles. The predicted molar refractivity (Wildman–Crippen MR) is 113 cm³/mol. The van der Waals surface area contributed by atoms with E-state index in [0.717, 1.165) is 39.2 Å². The second-order valence-corrected chi connectivity index (χ2v) is 11.2. The molecule has 4 heterocycles. The van der Waals surface area contributed by atoms with Gasteiger partial charge in [0.15, 0.2) is 0 Å². The number of sulfonamides is 1. The second-order valence-electron chi connectivity index (χ2n) is 6.85. The Morgan fingerprint density at radius 3 is 2.58 bits per heavy atom. The first kappa shape index (κ1) is 22.1. The summed E-state index contributed by atoms with van der Waals surface area (Å²) in [6.45, 7) is 2.84. The van der Waals surface area contributed by atoms with E-state index in [0.29, 0.717) is 13.0 Å². The molecule has 3 aromatic rings. The highest BCUT2D eigenvalue weighted by molar-refractivity contribution is 7.91. The summed E-state index contributed by atoms with van der Waals surface area (Å²) >= 11 is 2.66. The summed E-state index contributed by atoms with van der Waals surface area (Å²) in [5.41, 5.74) is -0.271. The van der Waals surface area contributed by atoms with E-state index in [1.807, 2.05) is 12.3 Å². The van der Waals surface area contributed by atoms with Gasteiger partial charge in [0.25, 0.3) is 10.0 Å². The number of halogens is 3. The molecule has 0 amide bonds. The lowest BCUT2D eigenvalue weighted by Crippen LogP contribution is -2.35. The first-order valence-corrected chi connectivity index (χ1v) is 12.5. The van der Waals surface area contributed by atoms with Gasteiger partial charge in [0, 0.05) is 37.8 Å². The largest absolute Gasteiger partial charge is 0.433 e. The van der Waals surface area contributed by atoms with Gasteiger partial charge in [0.05, 0.1) is 15.6 Å². The Labute approximate surface area is 185 Å². The van der Waals surface area contributed by atoms with Crippen molar-refractivity contribution in [3.63, 3.8) is 0 Å². The highest BCUT2D eigenvalue weighted by Gasteiger charge is 2.34. The minimum Gasteiger partial charge on any atom is -0.339 e. The number of nitrogens with zero attached hydrogens (tertiary/aromatic N) is 5. The van der Waals surface area contributed by atoms with Crippen molar-refractivity contribution in [1.82, 2.24) is 19.3 Å². The quantitative estimate of drug-likeness (QED) is 0.553. The third-order valence-electron chi connectivity index (χ3n) is 4.72. The van der Waals surface area contributed by atoms with Crippen molar-refractivity contribution in [2.75, 3.05) is 31.1 Å². The van der Waals surface area contributed by atoms with E-state index in [-0.39, 0.29) is 29.8 Å². The molecule has 7 nitrogen and oxygen atoms in total. The van der Waals surface area contributed by atoms with Crippen LogP contribution in [0.25, 0.3) is 10.6 Å². The molecule has 1 aliphatic rings. The first-order chi connectivity index (χ1) is 14.6. The van der Waals surface area contributed by atoms with Gasteiger partial charge in [-0.15, -0.1) is 22.7 Å². The fourth-order valence-electron chi connectivity index (χ4n) is 3.19. The van der Waals surface area contributed by atoms with Crippen LogP contribution in [0.5, 0.6) is 0 Å². The van der Waals surface area contributed by atoms with E-state index >= 15 is 0 Å². The van der Waals surface area contributed by atoms with Crippen molar-refractivity contribution in [3.8, 4) is 10.6 Å². The molecule has 4 rings (SSSR count). The Bertz CT molecular complexity index is 1180. The summed E-state index contributed by atoms with van der Waals surface area (Å²) in [6, 6.07) is 4.13. The summed E-state index contributed by atoms with van der Waals surface area (Å²) in [4.78, 5) is 14.3. The van der Waals surface area contributed by atoms with Crippen LogP contribution in [-0.2, 0) is 16.2 Å². The highest BCUT2D eigenvalue weighted by Crippen LogP contribution is 2.33. The zero-order valence-electron chi connectivity index (χ0n) is 16.3. The average Bonchev–Trinajstić information content (AvgIpc) is 3.30. The van der Waals surface area contributed by atoms with E-state index in [4.69, 9.17) is 0 Å². The van der Waals surface area contributed by atoms with Gasteiger partial charge in [0.2, 0.25) is 5.95 Å². The molecule has 1 aliphatic heterocycles. The lowest BCUT2D eigenvalue weighted by molar-refractivity contribution is -0.141. The van der Waals surface area contributed by atoms with E-state index in [1.54, 1.807) is 17.0 Å². The van der Waals surface area contributed by atoms with Crippen LogP contribution in [0, 0.1) is 6.92 Å². The van der Waals surface area contributed by atoms with Crippen LogP contribution < -0.4 is 4.90 Å². The van der Waals surface area contributed by atoms with Crippen LogP contribution in [0.1, 0.15) is 17.1 Å². The molecule has 0 atom stereocenters. The fraction of sp³-hybridized carbons (Fsp3) is 0.389. The standard InChI is InChI=1S/C18H18F3N5O2S3/c1-12-23-13(11-29-12)14-3-4-16(30-14)31(27,28)26-8-2-7-25(9-10-26)17-22-6-5-15(24-17)18(19,20)21/h3-6,11H,2,7-10H2,1H3. The summed E-state index contributed by atoms with van der Waals surface area (Å²) in [7, 11) is -3.72. The Morgan fingerprint density at radius 1 is 1.06 bits per heavy atom. The Morgan fingerprint density at radius 2 is 1.87 bits per heavy atom. The monoisotopic (exact) mass is 489 g/mol. The number of thiophene rings is 1. The van der Waals surface area contributed by atoms with Crippen molar-refractivity contribution in [2.24, 2.45) is 0 Å². The van der Waals surface area contributed by atoms with Gasteiger partial charge in [0.1, 0.15) is 9.90 Å². The molecule has 0 radical (unpaired) electrons. The zero-order valence-corrected chi connectivity index (χ0v) is 18.8. The minimum atomic E-state index is -4.56. The molecule has 0 aromatic carbocycles. The number of hydrogen-bond donors (Lipinski definition) is 0. The Balaban J connectivity index is 1.50. The second kappa shape index (κ2) is 8.45. The van der Waals surface area contributed by atoms with Gasteiger partial charge in [-0.25, -0.2) is 23.4 Å². The number of rotatable bonds is 4. The van der Waals surface area contributed by atoms with Crippen molar-refractivity contribution >= 4 is 38.6 Å². The normalized spacial score (nSPS) is 16.5. The van der Waals surface area contributed by atoms with E-state index in [1.165, 1.54) is 15.6 Å². The van der Waals surface area contributed by atoms with E-state index in [2.05, 4.69) is 15.0 Å². The van der Waals surface area contributed by atoms with E-state index in [9.17, 15) is 21.6 Å². The van der Waals surface area contributed by atoms with Gasteiger partial charge in [-0.3, -0.25) is 0 Å². The van der Waals surface area contributed by atoms with Crippen LogP contribution in [0.3, 0.4) is 0 Å². The highest BCUT2D eigenvalue weighted by atomic mass is 32.2. The first-order valence-electron chi connectivity index (χ1n) is 9.32. The van der Waals surface area contributed by atoms with Crippen molar-refractivity contribution in [3.05, 3.63) is 40.5 Å². The molecule has 13 heteroatoms. The molecular weight excluding hydrogens is 471 g/mol. The maximum Gasteiger partial charge on any atom is 0.433 e. The maximum absolute atomic E-state index is 13.1. The maximum atomic E-state index is 13.1. The lowest BCUT2D eigenvalue weighted by atomic mass is 10.4. The number of thiazole rings is 1. The van der Waals surface area contributed by atoms with Crippen LogP contribution >= 0.6 is 22.7 Å². The lowest BCUT2D eigenvalue weighted by Gasteiger charge is -2.22. The molecule has 0 saturated carbocycles. The van der Waals surface area contributed by atoms with Gasteiger partial charge in [-0.05, 0) is 31.5 Å². The predicted octanol–water partition coefficient (Wildman–Crippen LogP) is 3.89. The number of aryl methyl sites for hydroxylation is 1. The molecule has 0 unspecified atom stereocenters. The molecule has 3 aromatic heterocycles. The number of anilines is 1. The summed E-state index contributed by atoms with van der Waals surface area (Å²) in [5.74, 6) is -0.0496. The summed E-state index contributed by atoms with van der Waals surface area (Å²) in [5, 5.41) is 2.79. The zero-order chi connectivity index (χ0) is 22.2.